The quantitative estimate of drug-likeness (QED) is 0.567. The van der Waals surface area contributed by atoms with E-state index in [4.69, 9.17) is 9.72 Å². The van der Waals surface area contributed by atoms with Gasteiger partial charge < -0.3 is 15.0 Å². The minimum Gasteiger partial charge on any atom is -0.383 e. The van der Waals surface area contributed by atoms with E-state index >= 15 is 0 Å². The van der Waals surface area contributed by atoms with Gasteiger partial charge in [0.05, 0.1) is 17.6 Å². The number of ether oxygens (including phenoxy) is 1. The van der Waals surface area contributed by atoms with Crippen molar-refractivity contribution in [2.24, 2.45) is 0 Å². The van der Waals surface area contributed by atoms with Gasteiger partial charge in [-0.25, -0.2) is 9.97 Å². The van der Waals surface area contributed by atoms with Gasteiger partial charge in [0.15, 0.2) is 5.65 Å². The van der Waals surface area contributed by atoms with Crippen LogP contribution in [0.3, 0.4) is 0 Å². The monoisotopic (exact) mass is 320 g/mol. The first-order valence-electron chi connectivity index (χ1n) is 7.71. The molecule has 0 bridgehead atoms. The number of hydrogen-bond acceptors (Lipinski definition) is 4. The summed E-state index contributed by atoms with van der Waals surface area (Å²) >= 11 is 0. The van der Waals surface area contributed by atoms with E-state index in [1.165, 1.54) is 0 Å². The highest BCUT2D eigenvalue weighted by Gasteiger charge is 2.12. The van der Waals surface area contributed by atoms with Gasteiger partial charge in [-0.2, -0.15) is 0 Å². The van der Waals surface area contributed by atoms with Gasteiger partial charge in [-0.1, -0.05) is 12.1 Å². The molecule has 4 aromatic rings. The Labute approximate surface area is 137 Å². The molecule has 0 fully saturated rings. The lowest BCUT2D eigenvalue weighted by atomic mass is 10.1. The molecule has 6 heteroatoms. The molecular weight excluding hydrogens is 304 g/mol. The third-order valence-electron chi connectivity index (χ3n) is 3.95. The van der Waals surface area contributed by atoms with Crippen LogP contribution in [0.15, 0.2) is 42.5 Å². The summed E-state index contributed by atoms with van der Waals surface area (Å²) in [6, 6.07) is 13.3. The molecule has 0 radical (unpaired) electrons. The smallest absolute Gasteiger partial charge is 0.251 e. The Balaban J connectivity index is 1.81. The van der Waals surface area contributed by atoms with Crippen LogP contribution in [0.5, 0.6) is 0 Å². The first kappa shape index (κ1) is 14.6. The van der Waals surface area contributed by atoms with E-state index in [0.29, 0.717) is 18.7 Å². The van der Waals surface area contributed by atoms with Crippen molar-refractivity contribution in [1.29, 1.82) is 0 Å². The number of nitrogens with one attached hydrogen (secondary N) is 2. The molecule has 0 aliphatic rings. The maximum Gasteiger partial charge on any atom is 0.251 e. The molecule has 24 heavy (non-hydrogen) atoms. The second-order valence-electron chi connectivity index (χ2n) is 5.54. The van der Waals surface area contributed by atoms with Crippen LogP contribution in [0.2, 0.25) is 0 Å². The molecule has 0 saturated carbocycles. The van der Waals surface area contributed by atoms with E-state index in [2.05, 4.69) is 15.3 Å². The molecule has 120 valence electrons. The summed E-state index contributed by atoms with van der Waals surface area (Å²) in [5.41, 5.74) is 4.68. The molecule has 1 amide bonds. The Morgan fingerprint density at radius 1 is 1.17 bits per heavy atom. The maximum absolute atomic E-state index is 12.2. The van der Waals surface area contributed by atoms with Crippen molar-refractivity contribution in [1.82, 2.24) is 20.3 Å². The number of aromatic nitrogens is 3. The summed E-state index contributed by atoms with van der Waals surface area (Å²) in [6.07, 6.45) is 0. The predicted octanol–water partition coefficient (Wildman–Crippen LogP) is 2.64. The van der Waals surface area contributed by atoms with Crippen molar-refractivity contribution < 1.29 is 9.53 Å². The van der Waals surface area contributed by atoms with Crippen molar-refractivity contribution in [2.75, 3.05) is 20.3 Å². The topological polar surface area (TPSA) is 79.9 Å². The number of fused-ring (bicyclic) bond motifs is 4. The molecule has 0 aliphatic carbocycles. The largest absolute Gasteiger partial charge is 0.383 e. The SMILES string of the molecule is COCCNC(=O)c1ccc2[nH]c3nc4ccccc4nc3c2c1. The van der Waals surface area contributed by atoms with Crippen LogP contribution in [0, 0.1) is 0 Å². The normalized spacial score (nSPS) is 11.4. The van der Waals surface area contributed by atoms with Crippen molar-refractivity contribution in [3.8, 4) is 0 Å². The van der Waals surface area contributed by atoms with Gasteiger partial charge in [0.1, 0.15) is 5.52 Å². The number of rotatable bonds is 4. The second kappa shape index (κ2) is 5.90. The standard InChI is InChI=1S/C18H16N4O2/c1-24-9-8-19-18(23)11-6-7-13-12(10-11)16-17(21-13)22-15-5-3-2-4-14(15)20-16/h2-7,10H,8-9H2,1H3,(H,19,23)(H,21,22). The highest BCUT2D eigenvalue weighted by atomic mass is 16.5. The molecule has 0 atom stereocenters. The molecule has 0 spiro atoms. The highest BCUT2D eigenvalue weighted by molar-refractivity contribution is 6.08. The van der Waals surface area contributed by atoms with Crippen LogP contribution in [0.25, 0.3) is 33.1 Å². The van der Waals surface area contributed by atoms with Gasteiger partial charge in [0.25, 0.3) is 5.91 Å². The number of amides is 1. The molecule has 0 aliphatic heterocycles. The Morgan fingerprint density at radius 3 is 2.75 bits per heavy atom. The number of carbonyl (C=O) groups excluding carboxylic acids is 1. The zero-order valence-corrected chi connectivity index (χ0v) is 13.2. The van der Waals surface area contributed by atoms with Crippen LogP contribution in [-0.2, 0) is 4.74 Å². The zero-order chi connectivity index (χ0) is 16.5. The molecule has 6 nitrogen and oxygen atoms in total. The number of hydrogen-bond donors (Lipinski definition) is 2. The summed E-state index contributed by atoms with van der Waals surface area (Å²) in [7, 11) is 1.60. The van der Waals surface area contributed by atoms with Gasteiger partial charge in [0, 0.05) is 30.1 Å². The number of carbonyl (C=O) groups is 1. The summed E-state index contributed by atoms with van der Waals surface area (Å²) in [6.45, 7) is 0.963. The zero-order valence-electron chi connectivity index (χ0n) is 13.2. The Hall–Kier alpha value is -2.99. The third kappa shape index (κ3) is 2.47. The predicted molar refractivity (Wildman–Crippen MR) is 93.1 cm³/mol. The average molecular weight is 320 g/mol. The van der Waals surface area contributed by atoms with E-state index < -0.39 is 0 Å². The number of H-pyrrole nitrogens is 1. The fourth-order valence-electron chi connectivity index (χ4n) is 2.76. The fraction of sp³-hybridized carbons (Fsp3) is 0.167. The Morgan fingerprint density at radius 2 is 1.96 bits per heavy atom. The number of methoxy groups -OCH3 is 1. The molecule has 2 aromatic carbocycles. The minimum absolute atomic E-state index is 0.128. The molecule has 2 heterocycles. The van der Waals surface area contributed by atoms with E-state index in [1.54, 1.807) is 13.2 Å². The first-order chi connectivity index (χ1) is 11.8. The average Bonchev–Trinajstić information content (AvgIpc) is 2.96. The van der Waals surface area contributed by atoms with Crippen molar-refractivity contribution >= 4 is 39.0 Å². The number of aromatic amines is 1. The van der Waals surface area contributed by atoms with Crippen LogP contribution >= 0.6 is 0 Å². The van der Waals surface area contributed by atoms with Crippen molar-refractivity contribution in [3.05, 3.63) is 48.0 Å². The van der Waals surface area contributed by atoms with E-state index in [1.807, 2.05) is 36.4 Å². The van der Waals surface area contributed by atoms with Crippen LogP contribution in [-0.4, -0.2) is 41.1 Å². The lowest BCUT2D eigenvalue weighted by Crippen LogP contribution is -2.26. The van der Waals surface area contributed by atoms with Crippen LogP contribution in [0.1, 0.15) is 10.4 Å². The summed E-state index contributed by atoms with van der Waals surface area (Å²) in [4.78, 5) is 24.8. The summed E-state index contributed by atoms with van der Waals surface area (Å²) in [5, 5.41) is 3.72. The molecule has 0 saturated heterocycles. The van der Waals surface area contributed by atoms with Gasteiger partial charge in [-0.15, -0.1) is 0 Å². The number of para-hydroxylation sites is 2. The van der Waals surface area contributed by atoms with Crippen molar-refractivity contribution in [3.63, 3.8) is 0 Å². The Kier molecular flexibility index (Phi) is 3.59. The summed E-state index contributed by atoms with van der Waals surface area (Å²) < 4.78 is 4.95. The molecular formula is C18H16N4O2. The lowest BCUT2D eigenvalue weighted by Gasteiger charge is -2.04. The Bertz CT molecular complexity index is 1050. The summed E-state index contributed by atoms with van der Waals surface area (Å²) in [5.74, 6) is -0.128. The van der Waals surface area contributed by atoms with E-state index in [-0.39, 0.29) is 5.91 Å². The van der Waals surface area contributed by atoms with Crippen molar-refractivity contribution in [2.45, 2.75) is 0 Å². The molecule has 4 rings (SSSR count). The number of nitrogens with zero attached hydrogens (tertiary/aromatic N) is 2. The van der Waals surface area contributed by atoms with Crippen LogP contribution in [0.4, 0.5) is 0 Å². The van der Waals surface area contributed by atoms with Gasteiger partial charge >= 0.3 is 0 Å². The van der Waals surface area contributed by atoms with Gasteiger partial charge in [0.2, 0.25) is 0 Å². The third-order valence-corrected chi connectivity index (χ3v) is 3.95. The molecule has 0 unspecified atom stereocenters. The first-order valence-corrected chi connectivity index (χ1v) is 7.71. The lowest BCUT2D eigenvalue weighted by molar-refractivity contribution is 0.0937. The molecule has 2 aromatic heterocycles. The highest BCUT2D eigenvalue weighted by Crippen LogP contribution is 2.25. The maximum atomic E-state index is 12.2. The van der Waals surface area contributed by atoms with E-state index in [0.717, 1.165) is 33.1 Å². The fourth-order valence-corrected chi connectivity index (χ4v) is 2.76. The number of benzene rings is 2. The van der Waals surface area contributed by atoms with Gasteiger partial charge in [-0.3, -0.25) is 4.79 Å². The molecule has 2 N–H and O–H groups in total. The minimum atomic E-state index is -0.128. The van der Waals surface area contributed by atoms with Gasteiger partial charge in [-0.05, 0) is 30.3 Å². The van der Waals surface area contributed by atoms with Crippen LogP contribution < -0.4 is 5.32 Å². The van der Waals surface area contributed by atoms with E-state index in [9.17, 15) is 4.79 Å². The second-order valence-corrected chi connectivity index (χ2v) is 5.54.